The average Bonchev–Trinajstić information content (AvgIpc) is 2.08. The minimum atomic E-state index is -1.69. The number of aliphatic hydroxyl groups excluding tert-OH is 1. The van der Waals surface area contributed by atoms with Crippen molar-refractivity contribution in [3.05, 3.63) is 6.42 Å². The van der Waals surface area contributed by atoms with Gasteiger partial charge in [-0.05, 0) is 30.0 Å². The van der Waals surface area contributed by atoms with E-state index in [1.807, 2.05) is 0 Å². The van der Waals surface area contributed by atoms with Gasteiger partial charge in [0.05, 0.1) is 0 Å². The van der Waals surface area contributed by atoms with Gasteiger partial charge < -0.3 is 9.53 Å². The van der Waals surface area contributed by atoms with E-state index in [4.69, 9.17) is 4.43 Å². The predicted molar refractivity (Wildman–Crippen MR) is 77.5 cm³/mol. The molecule has 0 saturated heterocycles. The fourth-order valence-corrected chi connectivity index (χ4v) is 2.46. The summed E-state index contributed by atoms with van der Waals surface area (Å²) in [6.45, 7) is 18.5. The predicted octanol–water partition coefficient (Wildman–Crippen LogP) is 3.87. The second-order valence-corrected chi connectivity index (χ2v) is 12.4. The summed E-state index contributed by atoms with van der Waals surface area (Å²) in [6, 6.07) is 0. The van der Waals surface area contributed by atoms with Crippen LogP contribution in [0.4, 0.5) is 0 Å². The van der Waals surface area contributed by atoms with Crippen LogP contribution in [0, 0.1) is 17.8 Å². The van der Waals surface area contributed by atoms with Crippen molar-refractivity contribution in [3.63, 3.8) is 0 Å². The van der Waals surface area contributed by atoms with Crippen LogP contribution in [-0.2, 0) is 4.43 Å². The molecule has 0 aliphatic rings. The number of hydrogen-bond donors (Lipinski definition) is 1. The van der Waals surface area contributed by atoms with Gasteiger partial charge >= 0.3 is 0 Å². The lowest BCUT2D eigenvalue weighted by molar-refractivity contribution is 0.157. The largest absolute Gasteiger partial charge is 0.416 e. The van der Waals surface area contributed by atoms with Crippen LogP contribution in [0.25, 0.3) is 0 Å². The van der Waals surface area contributed by atoms with E-state index < -0.39 is 8.32 Å². The number of aliphatic hydroxyl groups is 1. The normalized spacial score (nSPS) is 16.1. The Balaban J connectivity index is 4.34. The molecule has 0 aromatic carbocycles. The third kappa shape index (κ3) is 6.58. The first-order valence-corrected chi connectivity index (χ1v) is 9.41. The summed E-state index contributed by atoms with van der Waals surface area (Å²) in [6.07, 6.45) is 2.19. The zero-order valence-electron chi connectivity index (χ0n) is 12.9. The van der Waals surface area contributed by atoms with Crippen LogP contribution < -0.4 is 0 Å². The summed E-state index contributed by atoms with van der Waals surface area (Å²) in [4.78, 5) is 0. The summed E-state index contributed by atoms with van der Waals surface area (Å²) >= 11 is 0. The molecular weight excluding hydrogens is 228 g/mol. The van der Waals surface area contributed by atoms with E-state index in [0.29, 0.717) is 6.61 Å². The van der Waals surface area contributed by atoms with Crippen LogP contribution in [0.2, 0.25) is 18.1 Å². The van der Waals surface area contributed by atoms with Crippen molar-refractivity contribution in [1.29, 1.82) is 0 Å². The minimum Gasteiger partial charge on any atom is -0.416 e. The average molecular weight is 259 g/mol. The van der Waals surface area contributed by atoms with Crippen LogP contribution in [0.15, 0.2) is 0 Å². The van der Waals surface area contributed by atoms with E-state index in [-0.39, 0.29) is 23.0 Å². The SMILES string of the molecule is CC(C)(C)[CH]C(CO)CO[Si](C)(C)C(C)(C)C. The molecule has 0 amide bonds. The molecule has 1 atom stereocenters. The van der Waals surface area contributed by atoms with Gasteiger partial charge in [0.15, 0.2) is 8.32 Å². The minimum absolute atomic E-state index is 0.129. The molecule has 0 saturated carbocycles. The van der Waals surface area contributed by atoms with Gasteiger partial charge in [0.2, 0.25) is 0 Å². The Morgan fingerprint density at radius 2 is 1.59 bits per heavy atom. The Labute approximate surface area is 109 Å². The Hall–Kier alpha value is 0.137. The third-order valence-corrected chi connectivity index (χ3v) is 7.94. The molecular formula is C14H31O2Si. The van der Waals surface area contributed by atoms with Crippen molar-refractivity contribution >= 4 is 8.32 Å². The molecule has 1 unspecified atom stereocenters. The zero-order valence-corrected chi connectivity index (χ0v) is 13.9. The van der Waals surface area contributed by atoms with Gasteiger partial charge in [-0.1, -0.05) is 41.5 Å². The van der Waals surface area contributed by atoms with Crippen LogP contribution in [-0.4, -0.2) is 26.6 Å². The Bertz CT molecular complexity index is 223. The molecule has 0 aliphatic carbocycles. The van der Waals surface area contributed by atoms with Crippen LogP contribution in [0.5, 0.6) is 0 Å². The van der Waals surface area contributed by atoms with E-state index >= 15 is 0 Å². The van der Waals surface area contributed by atoms with Crippen molar-refractivity contribution in [3.8, 4) is 0 Å². The first-order valence-electron chi connectivity index (χ1n) is 6.50. The quantitative estimate of drug-likeness (QED) is 0.760. The number of hydrogen-bond acceptors (Lipinski definition) is 2. The maximum Gasteiger partial charge on any atom is 0.191 e. The molecule has 0 aliphatic heterocycles. The van der Waals surface area contributed by atoms with Crippen molar-refractivity contribution in [2.24, 2.45) is 11.3 Å². The summed E-state index contributed by atoms with van der Waals surface area (Å²) in [5.74, 6) is 0.143. The van der Waals surface area contributed by atoms with Gasteiger partial charge in [0.1, 0.15) is 0 Å². The van der Waals surface area contributed by atoms with Crippen molar-refractivity contribution < 1.29 is 9.53 Å². The molecule has 3 heteroatoms. The van der Waals surface area contributed by atoms with Crippen molar-refractivity contribution in [2.45, 2.75) is 59.7 Å². The molecule has 0 aromatic rings. The van der Waals surface area contributed by atoms with E-state index in [9.17, 15) is 5.11 Å². The topological polar surface area (TPSA) is 29.5 Å². The van der Waals surface area contributed by atoms with Crippen LogP contribution in [0.1, 0.15) is 41.5 Å². The van der Waals surface area contributed by atoms with Gasteiger partial charge in [-0.2, -0.15) is 0 Å². The van der Waals surface area contributed by atoms with E-state index in [2.05, 4.69) is 61.1 Å². The zero-order chi connectivity index (χ0) is 13.9. The first kappa shape index (κ1) is 17.1. The van der Waals surface area contributed by atoms with Gasteiger partial charge in [0, 0.05) is 19.1 Å². The summed E-state index contributed by atoms with van der Waals surface area (Å²) in [7, 11) is -1.69. The summed E-state index contributed by atoms with van der Waals surface area (Å²) < 4.78 is 6.14. The maximum atomic E-state index is 9.39. The second-order valence-electron chi connectivity index (χ2n) is 7.55. The Kier molecular flexibility index (Phi) is 5.90. The lowest BCUT2D eigenvalue weighted by Crippen LogP contribution is -2.42. The van der Waals surface area contributed by atoms with E-state index in [1.54, 1.807) is 0 Å². The molecule has 0 fully saturated rings. The van der Waals surface area contributed by atoms with Crippen LogP contribution in [0.3, 0.4) is 0 Å². The maximum absolute atomic E-state index is 9.39. The first-order chi connectivity index (χ1) is 7.39. The summed E-state index contributed by atoms with van der Waals surface area (Å²) in [5, 5.41) is 9.62. The second kappa shape index (κ2) is 5.85. The smallest absolute Gasteiger partial charge is 0.191 e. The highest BCUT2D eigenvalue weighted by Gasteiger charge is 2.37. The molecule has 0 heterocycles. The molecule has 103 valence electrons. The number of rotatable bonds is 5. The molecule has 17 heavy (non-hydrogen) atoms. The fraction of sp³-hybridized carbons (Fsp3) is 0.929. The van der Waals surface area contributed by atoms with Crippen LogP contribution >= 0.6 is 0 Å². The monoisotopic (exact) mass is 259 g/mol. The Morgan fingerprint density at radius 1 is 1.12 bits per heavy atom. The molecule has 0 aromatic heterocycles. The van der Waals surface area contributed by atoms with E-state index in [0.717, 1.165) is 0 Å². The van der Waals surface area contributed by atoms with Gasteiger partial charge in [-0.3, -0.25) is 0 Å². The molecule has 2 nitrogen and oxygen atoms in total. The standard InChI is InChI=1S/C14H31O2Si/c1-13(2,3)9-12(10-15)11-16-17(7,8)14(4,5)6/h9,12,15H,10-11H2,1-8H3. The van der Waals surface area contributed by atoms with Gasteiger partial charge in [-0.25, -0.2) is 0 Å². The van der Waals surface area contributed by atoms with Crippen molar-refractivity contribution in [2.75, 3.05) is 13.2 Å². The highest BCUT2D eigenvalue weighted by molar-refractivity contribution is 6.74. The third-order valence-electron chi connectivity index (χ3n) is 3.43. The molecule has 0 bridgehead atoms. The molecule has 1 radical (unpaired) electrons. The van der Waals surface area contributed by atoms with E-state index in [1.165, 1.54) is 0 Å². The lowest BCUT2D eigenvalue weighted by atomic mass is 9.85. The lowest BCUT2D eigenvalue weighted by Gasteiger charge is -2.37. The molecule has 1 N–H and O–H groups in total. The highest BCUT2D eigenvalue weighted by Crippen LogP contribution is 2.37. The Morgan fingerprint density at radius 3 is 1.88 bits per heavy atom. The highest BCUT2D eigenvalue weighted by atomic mass is 28.4. The van der Waals surface area contributed by atoms with Crippen molar-refractivity contribution in [1.82, 2.24) is 0 Å². The molecule has 0 spiro atoms. The summed E-state index contributed by atoms with van der Waals surface area (Å²) in [5.41, 5.74) is 0.129. The van der Waals surface area contributed by atoms with Gasteiger partial charge in [0.25, 0.3) is 0 Å². The molecule has 0 rings (SSSR count). The van der Waals surface area contributed by atoms with Gasteiger partial charge in [-0.15, -0.1) is 0 Å². The fourth-order valence-electron chi connectivity index (χ4n) is 1.39.